The summed E-state index contributed by atoms with van der Waals surface area (Å²) in [6.45, 7) is 4.00. The first-order valence-electron chi connectivity index (χ1n) is 6.41. The third kappa shape index (κ3) is 3.54. The molecule has 0 radical (unpaired) electrons. The van der Waals surface area contributed by atoms with Gasteiger partial charge in [0.2, 0.25) is 5.91 Å². The summed E-state index contributed by atoms with van der Waals surface area (Å²) in [4.78, 5) is 25.8. The molecule has 5 heteroatoms. The Balaban J connectivity index is 1.91. The Morgan fingerprint density at radius 1 is 1.21 bits per heavy atom. The summed E-state index contributed by atoms with van der Waals surface area (Å²) in [5, 5.41) is 2.72. The highest BCUT2D eigenvalue weighted by molar-refractivity contribution is 5.97. The summed E-state index contributed by atoms with van der Waals surface area (Å²) in [6, 6.07) is 8.36. The molecule has 2 amide bonds. The first kappa shape index (κ1) is 13.5. The van der Waals surface area contributed by atoms with Crippen LogP contribution in [-0.4, -0.2) is 49.1 Å². The van der Waals surface area contributed by atoms with Gasteiger partial charge in [-0.25, -0.2) is 0 Å². The van der Waals surface area contributed by atoms with Crippen LogP contribution >= 0.6 is 0 Å². The standard InChI is InChI=1S/C14H18N2O3/c1-11(14(18)16-7-9-19-10-8-16)15-13(17)12-5-3-2-4-6-12/h2-6,11H,7-10H2,1H3,(H,15,17)/t11-/m1/s1. The zero-order valence-electron chi connectivity index (χ0n) is 11.0. The van der Waals surface area contributed by atoms with Gasteiger partial charge in [-0.15, -0.1) is 0 Å². The van der Waals surface area contributed by atoms with Crippen molar-refractivity contribution in [2.75, 3.05) is 26.3 Å². The van der Waals surface area contributed by atoms with Crippen LogP contribution < -0.4 is 5.32 Å². The summed E-state index contributed by atoms with van der Waals surface area (Å²) in [5.74, 6) is -0.290. The van der Waals surface area contributed by atoms with Gasteiger partial charge in [0.25, 0.3) is 5.91 Å². The minimum atomic E-state index is -0.522. The molecule has 1 fully saturated rings. The van der Waals surface area contributed by atoms with Crippen LogP contribution in [0.2, 0.25) is 0 Å². The molecule has 0 bridgehead atoms. The molecule has 2 rings (SSSR count). The fourth-order valence-electron chi connectivity index (χ4n) is 1.99. The van der Waals surface area contributed by atoms with Crippen LogP contribution in [0.25, 0.3) is 0 Å². The van der Waals surface area contributed by atoms with Crippen LogP contribution in [0.3, 0.4) is 0 Å². The lowest BCUT2D eigenvalue weighted by Crippen LogP contribution is -2.50. The molecular weight excluding hydrogens is 244 g/mol. The lowest BCUT2D eigenvalue weighted by molar-refractivity contribution is -0.136. The fraction of sp³-hybridized carbons (Fsp3) is 0.429. The van der Waals surface area contributed by atoms with Crippen LogP contribution in [-0.2, 0) is 9.53 Å². The predicted octanol–water partition coefficient (Wildman–Crippen LogP) is 0.664. The first-order chi connectivity index (χ1) is 9.18. The Morgan fingerprint density at radius 2 is 1.84 bits per heavy atom. The number of benzene rings is 1. The summed E-state index contributed by atoms with van der Waals surface area (Å²) >= 11 is 0. The summed E-state index contributed by atoms with van der Waals surface area (Å²) in [7, 11) is 0. The smallest absolute Gasteiger partial charge is 0.251 e. The second-order valence-electron chi connectivity index (χ2n) is 4.50. The molecule has 1 atom stereocenters. The monoisotopic (exact) mass is 262 g/mol. The van der Waals surface area contributed by atoms with E-state index in [-0.39, 0.29) is 11.8 Å². The maximum Gasteiger partial charge on any atom is 0.251 e. The van der Waals surface area contributed by atoms with Crippen LogP contribution in [0, 0.1) is 0 Å². The van der Waals surface area contributed by atoms with Gasteiger partial charge in [-0.2, -0.15) is 0 Å². The van der Waals surface area contributed by atoms with E-state index in [2.05, 4.69) is 5.32 Å². The van der Waals surface area contributed by atoms with E-state index in [1.165, 1.54) is 0 Å². The normalized spacial score (nSPS) is 16.8. The average Bonchev–Trinajstić information content (AvgIpc) is 2.48. The molecule has 0 unspecified atom stereocenters. The highest BCUT2D eigenvalue weighted by Crippen LogP contribution is 2.03. The maximum atomic E-state index is 12.1. The number of amides is 2. The van der Waals surface area contributed by atoms with Crippen LogP contribution in [0.1, 0.15) is 17.3 Å². The van der Waals surface area contributed by atoms with Crippen molar-refractivity contribution in [3.8, 4) is 0 Å². The van der Waals surface area contributed by atoms with E-state index < -0.39 is 6.04 Å². The van der Waals surface area contributed by atoms with Gasteiger partial charge in [0.1, 0.15) is 6.04 Å². The molecule has 1 saturated heterocycles. The first-order valence-corrected chi connectivity index (χ1v) is 6.41. The van der Waals surface area contributed by atoms with E-state index in [0.29, 0.717) is 31.9 Å². The highest BCUT2D eigenvalue weighted by Gasteiger charge is 2.23. The zero-order valence-corrected chi connectivity index (χ0v) is 11.0. The number of rotatable bonds is 3. The van der Waals surface area contributed by atoms with Crippen molar-refractivity contribution in [1.82, 2.24) is 10.2 Å². The van der Waals surface area contributed by atoms with Crippen molar-refractivity contribution in [3.63, 3.8) is 0 Å². The molecule has 1 aliphatic rings. The molecule has 1 aliphatic heterocycles. The van der Waals surface area contributed by atoms with Crippen molar-refractivity contribution in [2.24, 2.45) is 0 Å². The molecule has 1 aromatic rings. The third-order valence-corrected chi connectivity index (χ3v) is 3.08. The van der Waals surface area contributed by atoms with Gasteiger partial charge in [-0.1, -0.05) is 18.2 Å². The van der Waals surface area contributed by atoms with Gasteiger partial charge >= 0.3 is 0 Å². The van der Waals surface area contributed by atoms with Gasteiger partial charge in [0.05, 0.1) is 13.2 Å². The van der Waals surface area contributed by atoms with Gasteiger partial charge in [-0.05, 0) is 19.1 Å². The van der Waals surface area contributed by atoms with Crippen LogP contribution in [0.5, 0.6) is 0 Å². The Labute approximate surface area is 112 Å². The average molecular weight is 262 g/mol. The van der Waals surface area contributed by atoms with E-state index in [4.69, 9.17) is 4.74 Å². The summed E-state index contributed by atoms with van der Waals surface area (Å²) in [6.07, 6.45) is 0. The Kier molecular flexibility index (Phi) is 4.52. The molecule has 0 spiro atoms. The number of ether oxygens (including phenoxy) is 1. The Hall–Kier alpha value is -1.88. The van der Waals surface area contributed by atoms with Crippen molar-refractivity contribution in [3.05, 3.63) is 35.9 Å². The van der Waals surface area contributed by atoms with Crippen LogP contribution in [0.4, 0.5) is 0 Å². The molecule has 102 valence electrons. The molecule has 5 nitrogen and oxygen atoms in total. The molecule has 1 heterocycles. The van der Waals surface area contributed by atoms with Crippen molar-refractivity contribution >= 4 is 11.8 Å². The Morgan fingerprint density at radius 3 is 2.47 bits per heavy atom. The molecule has 0 saturated carbocycles. The van der Waals surface area contributed by atoms with Gasteiger partial charge in [0.15, 0.2) is 0 Å². The van der Waals surface area contributed by atoms with Crippen molar-refractivity contribution in [1.29, 1.82) is 0 Å². The summed E-state index contributed by atoms with van der Waals surface area (Å²) in [5.41, 5.74) is 0.559. The second kappa shape index (κ2) is 6.33. The SMILES string of the molecule is C[C@@H](NC(=O)c1ccccc1)C(=O)N1CCOCC1. The minimum Gasteiger partial charge on any atom is -0.378 e. The lowest BCUT2D eigenvalue weighted by Gasteiger charge is -2.29. The predicted molar refractivity (Wildman–Crippen MR) is 70.8 cm³/mol. The van der Waals surface area contributed by atoms with Gasteiger partial charge < -0.3 is 15.0 Å². The van der Waals surface area contributed by atoms with E-state index in [1.54, 1.807) is 36.1 Å². The molecular formula is C14H18N2O3. The van der Waals surface area contributed by atoms with E-state index in [1.807, 2.05) is 6.07 Å². The van der Waals surface area contributed by atoms with Crippen molar-refractivity contribution < 1.29 is 14.3 Å². The van der Waals surface area contributed by atoms with E-state index in [9.17, 15) is 9.59 Å². The molecule has 1 aromatic carbocycles. The molecule has 0 aliphatic carbocycles. The minimum absolute atomic E-state index is 0.0624. The third-order valence-electron chi connectivity index (χ3n) is 3.08. The van der Waals surface area contributed by atoms with Gasteiger partial charge in [-0.3, -0.25) is 9.59 Å². The maximum absolute atomic E-state index is 12.1. The van der Waals surface area contributed by atoms with Crippen molar-refractivity contribution in [2.45, 2.75) is 13.0 Å². The number of hydrogen-bond acceptors (Lipinski definition) is 3. The topological polar surface area (TPSA) is 58.6 Å². The second-order valence-corrected chi connectivity index (χ2v) is 4.50. The lowest BCUT2D eigenvalue weighted by atomic mass is 10.2. The number of hydrogen-bond donors (Lipinski definition) is 1. The van der Waals surface area contributed by atoms with E-state index in [0.717, 1.165) is 0 Å². The fourth-order valence-corrected chi connectivity index (χ4v) is 1.99. The zero-order chi connectivity index (χ0) is 13.7. The molecule has 1 N–H and O–H groups in total. The molecule has 19 heavy (non-hydrogen) atoms. The number of carbonyl (C=O) groups excluding carboxylic acids is 2. The number of nitrogens with one attached hydrogen (secondary N) is 1. The summed E-state index contributed by atoms with van der Waals surface area (Å²) < 4.78 is 5.20. The van der Waals surface area contributed by atoms with E-state index >= 15 is 0 Å². The number of morpholine rings is 1. The van der Waals surface area contributed by atoms with Gasteiger partial charge in [0, 0.05) is 18.7 Å². The quantitative estimate of drug-likeness (QED) is 0.870. The Bertz CT molecular complexity index is 441. The highest BCUT2D eigenvalue weighted by atomic mass is 16.5. The number of nitrogens with zero attached hydrogens (tertiary/aromatic N) is 1. The number of carbonyl (C=O) groups is 2. The largest absolute Gasteiger partial charge is 0.378 e. The van der Waals surface area contributed by atoms with Crippen LogP contribution in [0.15, 0.2) is 30.3 Å². The molecule has 0 aromatic heterocycles.